The fraction of sp³-hybridized carbons (Fsp3) is 0.500. The maximum Gasteiger partial charge on any atom is 0.410 e. The van der Waals surface area contributed by atoms with Crippen LogP contribution in [0, 0.1) is 11.2 Å². The molecule has 4 aliphatic rings. The number of nitrogens with two attached hydrogens (primary N) is 2. The molecule has 3 unspecified atom stereocenters. The van der Waals surface area contributed by atoms with Gasteiger partial charge in [0.1, 0.15) is 41.8 Å². The van der Waals surface area contributed by atoms with Crippen LogP contribution < -0.4 is 46.7 Å². The van der Waals surface area contributed by atoms with Crippen molar-refractivity contribution in [2.45, 2.75) is 109 Å². The monoisotopic (exact) mass is 1020 g/mol. The highest BCUT2D eigenvalue weighted by atomic mass is 19.1. The van der Waals surface area contributed by atoms with Gasteiger partial charge in [0.25, 0.3) is 0 Å². The number of amides is 5. The lowest BCUT2D eigenvalue weighted by molar-refractivity contribution is -0.162. The predicted octanol–water partition coefficient (Wildman–Crippen LogP) is 5.14. The van der Waals surface area contributed by atoms with Gasteiger partial charge in [-0.15, -0.1) is 10.2 Å². The number of carbonyl (C=O) groups excluding carboxylic acids is 4. The summed E-state index contributed by atoms with van der Waals surface area (Å²) in [4.78, 5) is 75.6. The number of ether oxygens (including phenoxy) is 3. The van der Waals surface area contributed by atoms with Crippen LogP contribution in [0.15, 0.2) is 66.9 Å². The van der Waals surface area contributed by atoms with Crippen LogP contribution in [0.2, 0.25) is 0 Å². The van der Waals surface area contributed by atoms with Crippen molar-refractivity contribution in [1.82, 2.24) is 35.6 Å². The topological polar surface area (TPSA) is 273 Å². The van der Waals surface area contributed by atoms with Crippen LogP contribution in [0.3, 0.4) is 0 Å². The molecule has 4 atom stereocenters. The zero-order chi connectivity index (χ0) is 52.7. The number of carboxylic acids is 1. The maximum absolute atomic E-state index is 14.9. The summed E-state index contributed by atoms with van der Waals surface area (Å²) in [6.07, 6.45) is 4.78. The van der Waals surface area contributed by atoms with Crippen molar-refractivity contribution in [3.63, 3.8) is 0 Å². The number of hydrogen-bond donors (Lipinski definition) is 6. The van der Waals surface area contributed by atoms with Gasteiger partial charge in [0.2, 0.25) is 17.7 Å². The number of benzene rings is 2. The molecule has 1 saturated carbocycles. The Morgan fingerprint density at radius 3 is 2.35 bits per heavy atom. The summed E-state index contributed by atoms with van der Waals surface area (Å²) in [7, 11) is 0. The summed E-state index contributed by atoms with van der Waals surface area (Å²) >= 11 is 0. The normalized spacial score (nSPS) is 19.7. The molecule has 3 aliphatic heterocycles. The number of urea groups is 1. The number of nitrogens with one attached hydrogen (secondary N) is 3. The fourth-order valence-electron chi connectivity index (χ4n) is 10.1. The zero-order valence-electron chi connectivity index (χ0n) is 42.4. The first-order valence-electron chi connectivity index (χ1n) is 25.2. The molecule has 0 spiro atoms. The molecule has 8 rings (SSSR count). The van der Waals surface area contributed by atoms with Gasteiger partial charge in [-0.1, -0.05) is 18.6 Å². The van der Waals surface area contributed by atoms with E-state index in [0.29, 0.717) is 80.0 Å². The number of fused-ring (bicyclic) bond motifs is 2. The number of halogens is 1. The second-order valence-corrected chi connectivity index (χ2v) is 20.5. The van der Waals surface area contributed by atoms with E-state index in [9.17, 15) is 33.5 Å². The number of rotatable bonds is 19. The van der Waals surface area contributed by atoms with Gasteiger partial charge in [0, 0.05) is 93.1 Å². The van der Waals surface area contributed by atoms with Crippen LogP contribution in [-0.4, -0.2) is 142 Å². The first-order valence-corrected chi connectivity index (χ1v) is 25.2. The third-order valence-electron chi connectivity index (χ3n) is 14.2. The Morgan fingerprint density at radius 2 is 1.69 bits per heavy atom. The van der Waals surface area contributed by atoms with E-state index in [4.69, 9.17) is 25.7 Å². The lowest BCUT2D eigenvalue weighted by Crippen LogP contribution is -2.55. The first kappa shape index (κ1) is 52.8. The number of aromatic nitrogens is 3. The molecule has 4 fully saturated rings. The number of pyridine rings is 1. The van der Waals surface area contributed by atoms with Crippen LogP contribution in [0.25, 0.3) is 11.3 Å². The second-order valence-electron chi connectivity index (χ2n) is 20.5. The third kappa shape index (κ3) is 12.6. The van der Waals surface area contributed by atoms with Crippen LogP contribution in [0.5, 0.6) is 11.6 Å². The molecule has 5 heterocycles. The van der Waals surface area contributed by atoms with Crippen molar-refractivity contribution < 1.29 is 47.7 Å². The molecular formula is C52H67FN12O9. The molecule has 2 aromatic carbocycles. The Balaban J connectivity index is 0.866. The summed E-state index contributed by atoms with van der Waals surface area (Å²) in [5.74, 6) is -1.85. The van der Waals surface area contributed by atoms with Crippen molar-refractivity contribution in [3.05, 3.63) is 78.2 Å². The fourth-order valence-corrected chi connectivity index (χ4v) is 10.1. The third-order valence-corrected chi connectivity index (χ3v) is 14.2. The minimum atomic E-state index is -1.58. The van der Waals surface area contributed by atoms with E-state index in [2.05, 4.69) is 52.8 Å². The van der Waals surface area contributed by atoms with Gasteiger partial charge in [-0.05, 0) is 114 Å². The predicted molar refractivity (Wildman–Crippen MR) is 274 cm³/mol. The molecule has 21 nitrogen and oxygen atoms in total. The smallest absolute Gasteiger partial charge is 0.410 e. The molecule has 3 saturated heterocycles. The van der Waals surface area contributed by atoms with E-state index in [0.717, 1.165) is 30.6 Å². The van der Waals surface area contributed by atoms with Crippen molar-refractivity contribution in [2.75, 3.05) is 73.3 Å². The molecule has 2 bridgehead atoms. The molecule has 396 valence electrons. The van der Waals surface area contributed by atoms with Crippen molar-refractivity contribution in [2.24, 2.45) is 11.1 Å². The average molecular weight is 1020 g/mol. The van der Waals surface area contributed by atoms with E-state index in [1.165, 1.54) is 18.2 Å². The minimum absolute atomic E-state index is 0.0753. The van der Waals surface area contributed by atoms with E-state index < -0.39 is 46.7 Å². The number of aliphatic carboxylic acids is 1. The Bertz CT molecular complexity index is 2670. The van der Waals surface area contributed by atoms with E-state index in [1.807, 2.05) is 39.0 Å². The van der Waals surface area contributed by atoms with Crippen molar-refractivity contribution in [1.29, 1.82) is 0 Å². The van der Waals surface area contributed by atoms with Gasteiger partial charge in [-0.3, -0.25) is 19.3 Å². The van der Waals surface area contributed by atoms with Gasteiger partial charge in [0.15, 0.2) is 5.82 Å². The number of primary amides is 1. The number of hydrogen-bond acceptors (Lipinski definition) is 15. The van der Waals surface area contributed by atoms with Crippen LogP contribution in [0.1, 0.15) is 78.2 Å². The van der Waals surface area contributed by atoms with E-state index in [1.54, 1.807) is 35.4 Å². The van der Waals surface area contributed by atoms with Crippen molar-refractivity contribution in [3.8, 4) is 22.9 Å². The Morgan fingerprint density at radius 1 is 0.946 bits per heavy atom. The summed E-state index contributed by atoms with van der Waals surface area (Å²) in [6, 6.07) is 15.5. The lowest BCUT2D eigenvalue weighted by atomic mass is 9.68. The van der Waals surface area contributed by atoms with Crippen molar-refractivity contribution >= 4 is 52.8 Å². The van der Waals surface area contributed by atoms with Gasteiger partial charge in [-0.2, -0.15) is 0 Å². The summed E-state index contributed by atoms with van der Waals surface area (Å²) in [5, 5.41) is 26.3. The molecule has 4 aromatic rings. The lowest BCUT2D eigenvalue weighted by Gasteiger charge is -2.43. The number of nitrogen functional groups attached to an aromatic ring is 1. The standard InChI is InChI=1S/C52H67FN12O9/c1-32-28-63(50(71)74-51(2,3)4)22-21-62(32)23-24-72-44-26-36(16-20-56-44)65-37-13-14-38(65)30-64(29-37)42-27-41(60-61-45(42)54)39-25-34(53)10-15-43(39)73-31-33-8-11-35(12-9-33)58-46(66)40(7-5-19-57-49(55)70)59-47(67)52(48(68)69)17-6-18-52/h8-12,15-16,20,25-27,32,37-38,40H,5-7,13-14,17-19,21-24,28-31H2,1-4H3,(H2,54,61)(H,58,66)(H,59,67)(H,68,69)(H3,55,57,70)/t32-,37?,38?,40?/m1/s1. The number of anilines is 4. The molecule has 1 aliphatic carbocycles. The molecule has 8 N–H and O–H groups in total. The SMILES string of the molecule is C[C@@H]1CN(C(=O)OC(C)(C)C)CCN1CCOc1cc(N2C3CCC2CN(c2cc(-c4cc(F)ccc4OCc4ccc(NC(=O)C(CCCNC(N)=O)NC(=O)C5(C(=O)O)CCC5)cc4)nnc2N)C3)ccn1. The molecule has 22 heteroatoms. The highest BCUT2D eigenvalue weighted by molar-refractivity contribution is 6.05. The Kier molecular flexibility index (Phi) is 16.2. The van der Waals surface area contributed by atoms with E-state index >= 15 is 0 Å². The number of carboxylic acid groups (broad SMARTS) is 1. The molecule has 5 amide bonds. The van der Waals surface area contributed by atoms with E-state index in [-0.39, 0.29) is 68.9 Å². The molecular weight excluding hydrogens is 956 g/mol. The molecule has 0 radical (unpaired) electrons. The number of nitrogens with zero attached hydrogens (tertiary/aromatic N) is 7. The minimum Gasteiger partial charge on any atom is -0.488 e. The van der Waals surface area contributed by atoms with Gasteiger partial charge >= 0.3 is 18.1 Å². The Labute approximate surface area is 429 Å². The summed E-state index contributed by atoms with van der Waals surface area (Å²) in [6.45, 7) is 12.3. The van der Waals surface area contributed by atoms with Gasteiger partial charge in [-0.25, -0.2) is 19.0 Å². The molecule has 74 heavy (non-hydrogen) atoms. The van der Waals surface area contributed by atoms with Crippen LogP contribution >= 0.6 is 0 Å². The average Bonchev–Trinajstić information content (AvgIpc) is 3.60. The highest BCUT2D eigenvalue weighted by Gasteiger charge is 2.52. The number of piperazine rings is 2. The first-order chi connectivity index (χ1) is 35.4. The maximum atomic E-state index is 14.9. The summed E-state index contributed by atoms with van der Waals surface area (Å²) in [5.41, 5.74) is 13.2. The largest absolute Gasteiger partial charge is 0.488 e. The Hall–Kier alpha value is -7.49. The van der Waals surface area contributed by atoms with Gasteiger partial charge < -0.3 is 61.4 Å². The zero-order valence-corrected chi connectivity index (χ0v) is 42.4. The van der Waals surface area contributed by atoms with Crippen LogP contribution in [0.4, 0.5) is 36.9 Å². The second kappa shape index (κ2) is 22.7. The quantitative estimate of drug-likeness (QED) is 0.0524. The molecule has 2 aromatic heterocycles. The number of carbonyl (C=O) groups is 5. The van der Waals surface area contributed by atoms with Gasteiger partial charge in [0.05, 0.1) is 11.4 Å². The summed E-state index contributed by atoms with van der Waals surface area (Å²) < 4.78 is 33.0. The highest BCUT2D eigenvalue weighted by Crippen LogP contribution is 2.42. The van der Waals surface area contributed by atoms with Crippen LogP contribution in [-0.2, 0) is 25.7 Å².